The molecule has 0 aliphatic carbocycles. The van der Waals surface area contributed by atoms with Crippen LogP contribution in [0.15, 0.2) is 38.9 Å². The summed E-state index contributed by atoms with van der Waals surface area (Å²) in [6.45, 7) is 2.40. The van der Waals surface area contributed by atoms with E-state index < -0.39 is 0 Å². The predicted octanol–water partition coefficient (Wildman–Crippen LogP) is 2.38. The van der Waals surface area contributed by atoms with E-state index in [1.165, 1.54) is 23.3 Å². The largest absolute Gasteiger partial charge is 0.469 e. The Hall–Kier alpha value is -2.03. The average Bonchev–Trinajstić information content (AvgIpc) is 3.13. The number of hydrogen-bond acceptors (Lipinski definition) is 5. The van der Waals surface area contributed by atoms with Gasteiger partial charge in [-0.2, -0.15) is 0 Å². The fourth-order valence-corrected chi connectivity index (χ4v) is 4.99. The van der Waals surface area contributed by atoms with Gasteiger partial charge in [0.1, 0.15) is 11.4 Å². The number of hydrogen-bond donors (Lipinski definition) is 2. The number of ether oxygens (including phenoxy) is 1. The summed E-state index contributed by atoms with van der Waals surface area (Å²) in [6.07, 6.45) is 1.61. The summed E-state index contributed by atoms with van der Waals surface area (Å²) in [6, 6.07) is 7.93. The molecule has 1 fully saturated rings. The zero-order valence-corrected chi connectivity index (χ0v) is 17.9. The van der Waals surface area contributed by atoms with Gasteiger partial charge in [-0.1, -0.05) is 28.1 Å². The first-order chi connectivity index (χ1) is 13.5. The molecule has 0 saturated carbocycles. The summed E-state index contributed by atoms with van der Waals surface area (Å²) in [7, 11) is 1.44. The van der Waals surface area contributed by atoms with Crippen molar-refractivity contribution in [3.8, 4) is 11.1 Å². The van der Waals surface area contributed by atoms with Crippen LogP contribution in [0.5, 0.6) is 0 Å². The number of likely N-dealkylation sites (tertiary alicyclic amines) is 1. The monoisotopic (exact) mass is 462 g/mol. The summed E-state index contributed by atoms with van der Waals surface area (Å²) in [5, 5.41) is 2.64. The number of thiophene rings is 1. The quantitative estimate of drug-likeness (QED) is 0.583. The van der Waals surface area contributed by atoms with Gasteiger partial charge in [-0.05, 0) is 17.7 Å². The summed E-state index contributed by atoms with van der Waals surface area (Å²) in [4.78, 5) is 34.2. The fraction of sp³-hybridized carbons (Fsp3) is 0.350. The summed E-state index contributed by atoms with van der Waals surface area (Å²) in [5.41, 5.74) is 1.83. The van der Waals surface area contributed by atoms with E-state index in [-0.39, 0.29) is 17.4 Å². The number of H-pyrrole nitrogens is 1. The number of carbonyl (C=O) groups is 1. The number of carbonyl (C=O) groups excluding carboxylic acids is 1. The molecule has 8 heteroatoms. The second kappa shape index (κ2) is 8.14. The van der Waals surface area contributed by atoms with Gasteiger partial charge in [0.15, 0.2) is 5.82 Å². The first kappa shape index (κ1) is 19.3. The molecule has 2 aromatic heterocycles. The van der Waals surface area contributed by atoms with Crippen LogP contribution in [-0.2, 0) is 16.1 Å². The highest BCUT2D eigenvalue weighted by Crippen LogP contribution is 2.31. The van der Waals surface area contributed by atoms with Crippen LogP contribution in [0.4, 0.5) is 0 Å². The fourth-order valence-electron chi connectivity index (χ4n) is 3.76. The summed E-state index contributed by atoms with van der Waals surface area (Å²) in [5.74, 6) is 0.577. The van der Waals surface area contributed by atoms with Crippen molar-refractivity contribution >= 4 is 43.5 Å². The normalized spacial score (nSPS) is 19.6. The molecule has 1 aromatic carbocycles. The third-order valence-corrected chi connectivity index (χ3v) is 6.69. The minimum Gasteiger partial charge on any atom is -0.469 e. The lowest BCUT2D eigenvalue weighted by atomic mass is 9.97. The van der Waals surface area contributed by atoms with Crippen LogP contribution in [0.2, 0.25) is 0 Å². The number of nitrogens with zero attached hydrogens (tertiary/aromatic N) is 1. The number of methoxy groups -OCH3 is 1. The number of aromatic amines is 1. The maximum Gasteiger partial charge on any atom is 0.309 e. The Bertz CT molecular complexity index is 1050. The van der Waals surface area contributed by atoms with Gasteiger partial charge in [0.05, 0.1) is 31.5 Å². The van der Waals surface area contributed by atoms with Gasteiger partial charge in [-0.15, -0.1) is 11.3 Å². The van der Waals surface area contributed by atoms with Crippen LogP contribution in [0.25, 0.3) is 21.3 Å². The first-order valence-corrected chi connectivity index (χ1v) is 10.9. The smallest absolute Gasteiger partial charge is 0.309 e. The van der Waals surface area contributed by atoms with E-state index >= 15 is 0 Å². The molecule has 1 aliphatic rings. The third kappa shape index (κ3) is 3.90. The van der Waals surface area contributed by atoms with Gasteiger partial charge in [0.25, 0.3) is 5.56 Å². The predicted molar refractivity (Wildman–Crippen MR) is 113 cm³/mol. The van der Waals surface area contributed by atoms with E-state index in [1.807, 2.05) is 29.6 Å². The molecule has 0 amide bonds. The molecule has 0 bridgehead atoms. The molecule has 3 aromatic rings. The third-order valence-electron chi connectivity index (χ3n) is 5.29. The van der Waals surface area contributed by atoms with Crippen molar-refractivity contribution in [3.05, 3.63) is 50.3 Å². The van der Waals surface area contributed by atoms with Gasteiger partial charge in [-0.25, -0.2) is 4.98 Å². The lowest BCUT2D eigenvalue weighted by Crippen LogP contribution is -3.12. The van der Waals surface area contributed by atoms with Crippen molar-refractivity contribution in [2.45, 2.75) is 19.4 Å². The number of rotatable bonds is 4. The minimum atomic E-state index is -0.119. The van der Waals surface area contributed by atoms with E-state index in [0.717, 1.165) is 46.4 Å². The summed E-state index contributed by atoms with van der Waals surface area (Å²) >= 11 is 4.94. The lowest BCUT2D eigenvalue weighted by molar-refractivity contribution is -0.920. The van der Waals surface area contributed by atoms with E-state index in [4.69, 9.17) is 9.72 Å². The number of piperidine rings is 1. The zero-order chi connectivity index (χ0) is 19.7. The molecule has 6 nitrogen and oxygen atoms in total. The van der Waals surface area contributed by atoms with Crippen molar-refractivity contribution in [3.63, 3.8) is 0 Å². The van der Waals surface area contributed by atoms with Gasteiger partial charge in [0, 0.05) is 28.3 Å². The van der Waals surface area contributed by atoms with Crippen molar-refractivity contribution in [2.24, 2.45) is 5.92 Å². The van der Waals surface area contributed by atoms with E-state index in [2.05, 4.69) is 20.9 Å². The number of halogens is 1. The second-order valence-corrected chi connectivity index (χ2v) is 8.85. The van der Waals surface area contributed by atoms with Crippen LogP contribution in [0, 0.1) is 5.92 Å². The SMILES string of the molecule is COC(=O)C1CC[NH+](Cc2nc3scc(-c4ccc(Br)cc4)c3c(=O)[nH]2)CC1. The Balaban J connectivity index is 1.54. The molecule has 4 rings (SSSR count). The number of quaternary nitrogens is 1. The van der Waals surface area contributed by atoms with E-state index in [1.54, 1.807) is 0 Å². The highest BCUT2D eigenvalue weighted by Gasteiger charge is 2.28. The van der Waals surface area contributed by atoms with E-state index in [0.29, 0.717) is 17.8 Å². The van der Waals surface area contributed by atoms with Crippen LogP contribution in [0.1, 0.15) is 18.7 Å². The molecule has 1 saturated heterocycles. The molecule has 0 spiro atoms. The topological polar surface area (TPSA) is 76.5 Å². The zero-order valence-electron chi connectivity index (χ0n) is 15.5. The van der Waals surface area contributed by atoms with Crippen molar-refractivity contribution in [1.82, 2.24) is 9.97 Å². The molecule has 28 heavy (non-hydrogen) atoms. The standard InChI is InChI=1S/C20H20BrN3O3S/c1-27-20(26)13-6-8-24(9-7-13)10-16-22-18(25)17-15(11-28-19(17)23-16)12-2-4-14(21)5-3-12/h2-5,11,13H,6-10H2,1H3,(H,22,23,25)/p+1. The van der Waals surface area contributed by atoms with Gasteiger partial charge < -0.3 is 14.6 Å². The Labute approximate surface area is 174 Å². The van der Waals surface area contributed by atoms with Gasteiger partial charge in [0.2, 0.25) is 0 Å². The molecular weight excluding hydrogens is 442 g/mol. The molecule has 0 unspecified atom stereocenters. The summed E-state index contributed by atoms with van der Waals surface area (Å²) < 4.78 is 5.85. The molecule has 2 N–H and O–H groups in total. The van der Waals surface area contributed by atoms with Crippen molar-refractivity contribution < 1.29 is 14.4 Å². The number of fused-ring (bicyclic) bond motifs is 1. The molecule has 1 aliphatic heterocycles. The van der Waals surface area contributed by atoms with E-state index in [9.17, 15) is 9.59 Å². The number of esters is 1. The van der Waals surface area contributed by atoms with Crippen LogP contribution < -0.4 is 10.5 Å². The van der Waals surface area contributed by atoms with Crippen LogP contribution in [0.3, 0.4) is 0 Å². The Morgan fingerprint density at radius 2 is 2.04 bits per heavy atom. The second-order valence-electron chi connectivity index (χ2n) is 7.07. The van der Waals surface area contributed by atoms with Crippen molar-refractivity contribution in [1.29, 1.82) is 0 Å². The number of aromatic nitrogens is 2. The first-order valence-electron chi connectivity index (χ1n) is 9.23. The Morgan fingerprint density at radius 1 is 1.32 bits per heavy atom. The number of nitrogens with one attached hydrogen (secondary N) is 2. The van der Waals surface area contributed by atoms with Crippen LogP contribution in [-0.4, -0.2) is 36.1 Å². The lowest BCUT2D eigenvalue weighted by Gasteiger charge is -2.27. The molecule has 3 heterocycles. The van der Waals surface area contributed by atoms with Crippen LogP contribution >= 0.6 is 27.3 Å². The Morgan fingerprint density at radius 3 is 2.71 bits per heavy atom. The molecule has 0 atom stereocenters. The molecule has 146 valence electrons. The highest BCUT2D eigenvalue weighted by atomic mass is 79.9. The molecular formula is C20H21BrN3O3S+. The molecule has 0 radical (unpaired) electrons. The van der Waals surface area contributed by atoms with Gasteiger partial charge in [-0.3, -0.25) is 9.59 Å². The van der Waals surface area contributed by atoms with Gasteiger partial charge >= 0.3 is 5.97 Å². The minimum absolute atomic E-state index is 0.00555. The average molecular weight is 463 g/mol. The maximum absolute atomic E-state index is 12.8. The maximum atomic E-state index is 12.8. The highest BCUT2D eigenvalue weighted by molar-refractivity contribution is 9.10. The Kier molecular flexibility index (Phi) is 5.61. The van der Waals surface area contributed by atoms with Crippen molar-refractivity contribution in [2.75, 3.05) is 20.2 Å². The number of benzene rings is 1.